The zero-order chi connectivity index (χ0) is 17.3. The maximum absolute atomic E-state index is 6.09. The zero-order valence-corrected chi connectivity index (χ0v) is 14.6. The van der Waals surface area contributed by atoms with Gasteiger partial charge >= 0.3 is 0 Å². The first-order valence-corrected chi connectivity index (χ1v) is 9.15. The predicted octanol–water partition coefficient (Wildman–Crippen LogP) is 4.05. The van der Waals surface area contributed by atoms with Crippen LogP contribution in [0, 0.1) is 0 Å². The van der Waals surface area contributed by atoms with E-state index >= 15 is 0 Å². The highest BCUT2D eigenvalue weighted by molar-refractivity contribution is 5.97. The molecule has 2 aromatic carbocycles. The van der Waals surface area contributed by atoms with Crippen LogP contribution in [0.3, 0.4) is 0 Å². The molecule has 1 aliphatic heterocycles. The molecule has 3 heterocycles. The number of hydrogen-bond donors (Lipinski definition) is 1. The molecule has 0 aliphatic carbocycles. The van der Waals surface area contributed by atoms with Crippen LogP contribution in [0.1, 0.15) is 5.56 Å². The molecular weight excluding hydrogens is 322 g/mol. The molecule has 0 amide bonds. The van der Waals surface area contributed by atoms with E-state index in [2.05, 4.69) is 45.5 Å². The highest BCUT2D eigenvalue weighted by Crippen LogP contribution is 2.32. The first kappa shape index (κ1) is 15.6. The van der Waals surface area contributed by atoms with Gasteiger partial charge in [-0.1, -0.05) is 30.3 Å². The fourth-order valence-electron chi connectivity index (χ4n) is 3.75. The third-order valence-corrected chi connectivity index (χ3v) is 5.13. The van der Waals surface area contributed by atoms with Crippen molar-refractivity contribution in [1.29, 1.82) is 0 Å². The summed E-state index contributed by atoms with van der Waals surface area (Å²) in [5.41, 5.74) is 3.31. The molecule has 2 aromatic heterocycles. The van der Waals surface area contributed by atoms with Gasteiger partial charge in [-0.15, -0.1) is 0 Å². The summed E-state index contributed by atoms with van der Waals surface area (Å²) in [6.07, 6.45) is 3.84. The largest absolute Gasteiger partial charge is 0.456 e. The molecule has 0 atom stereocenters. The number of pyridine rings is 1. The molecule has 4 heteroatoms. The summed E-state index contributed by atoms with van der Waals surface area (Å²) in [5, 5.41) is 6.88. The fourth-order valence-corrected chi connectivity index (χ4v) is 3.75. The standard InChI is InChI=1S/C22H21N3O/c1-2-4-21-17(3-1)12-22(26-21)20-14-24-13-18-6-5-16(11-19(18)20)15-25-9-7-23-8-10-25/h1-6,11-14,23H,7-10,15H2. The van der Waals surface area contributed by atoms with Crippen molar-refractivity contribution in [3.8, 4) is 11.3 Å². The minimum atomic E-state index is 0.878. The van der Waals surface area contributed by atoms with Crippen molar-refractivity contribution in [3.63, 3.8) is 0 Å². The lowest BCUT2D eigenvalue weighted by Crippen LogP contribution is -2.42. The molecule has 1 N–H and O–H groups in total. The molecule has 1 aliphatic rings. The van der Waals surface area contributed by atoms with Gasteiger partial charge in [0.2, 0.25) is 0 Å². The van der Waals surface area contributed by atoms with Gasteiger partial charge in [-0.05, 0) is 29.1 Å². The van der Waals surface area contributed by atoms with Crippen molar-refractivity contribution in [2.45, 2.75) is 6.54 Å². The van der Waals surface area contributed by atoms with Crippen LogP contribution in [0.25, 0.3) is 33.1 Å². The monoisotopic (exact) mass is 343 g/mol. The van der Waals surface area contributed by atoms with Gasteiger partial charge in [0.1, 0.15) is 11.3 Å². The van der Waals surface area contributed by atoms with Gasteiger partial charge in [0.15, 0.2) is 0 Å². The molecule has 0 saturated carbocycles. The lowest BCUT2D eigenvalue weighted by atomic mass is 10.0. The summed E-state index contributed by atoms with van der Waals surface area (Å²) in [5.74, 6) is 0.878. The smallest absolute Gasteiger partial charge is 0.137 e. The summed E-state index contributed by atoms with van der Waals surface area (Å²) in [6, 6.07) is 16.9. The van der Waals surface area contributed by atoms with Crippen LogP contribution >= 0.6 is 0 Å². The summed E-state index contributed by atoms with van der Waals surface area (Å²) < 4.78 is 6.09. The van der Waals surface area contributed by atoms with E-state index in [1.807, 2.05) is 30.6 Å². The average molecular weight is 343 g/mol. The Bertz CT molecular complexity index is 1030. The molecule has 1 fully saturated rings. The molecule has 4 aromatic rings. The maximum atomic E-state index is 6.09. The molecule has 0 radical (unpaired) electrons. The summed E-state index contributed by atoms with van der Waals surface area (Å²) >= 11 is 0. The Labute approximate surface area is 152 Å². The summed E-state index contributed by atoms with van der Waals surface area (Å²) in [6.45, 7) is 5.33. The van der Waals surface area contributed by atoms with Crippen LogP contribution in [-0.4, -0.2) is 36.1 Å². The van der Waals surface area contributed by atoms with Gasteiger partial charge in [0, 0.05) is 61.5 Å². The Morgan fingerprint density at radius 3 is 2.73 bits per heavy atom. The Morgan fingerprint density at radius 2 is 1.85 bits per heavy atom. The maximum Gasteiger partial charge on any atom is 0.137 e. The number of furan rings is 1. The van der Waals surface area contributed by atoms with E-state index in [4.69, 9.17) is 4.42 Å². The van der Waals surface area contributed by atoms with Gasteiger partial charge < -0.3 is 9.73 Å². The molecule has 5 rings (SSSR count). The van der Waals surface area contributed by atoms with Crippen molar-refractivity contribution in [2.75, 3.05) is 26.2 Å². The van der Waals surface area contributed by atoms with E-state index in [9.17, 15) is 0 Å². The van der Waals surface area contributed by atoms with E-state index in [1.165, 1.54) is 10.9 Å². The van der Waals surface area contributed by atoms with Crippen molar-refractivity contribution in [3.05, 3.63) is 66.5 Å². The first-order valence-electron chi connectivity index (χ1n) is 9.15. The molecule has 0 spiro atoms. The third-order valence-electron chi connectivity index (χ3n) is 5.13. The van der Waals surface area contributed by atoms with Crippen molar-refractivity contribution < 1.29 is 4.42 Å². The van der Waals surface area contributed by atoms with Gasteiger partial charge in [-0.2, -0.15) is 0 Å². The van der Waals surface area contributed by atoms with Gasteiger partial charge in [0.25, 0.3) is 0 Å². The van der Waals surface area contributed by atoms with E-state index < -0.39 is 0 Å². The molecule has 4 nitrogen and oxygen atoms in total. The van der Waals surface area contributed by atoms with Crippen LogP contribution in [0.2, 0.25) is 0 Å². The van der Waals surface area contributed by atoms with E-state index in [0.717, 1.165) is 60.4 Å². The van der Waals surface area contributed by atoms with Crippen molar-refractivity contribution in [2.24, 2.45) is 0 Å². The number of piperazine rings is 1. The zero-order valence-electron chi connectivity index (χ0n) is 14.6. The minimum absolute atomic E-state index is 0.878. The number of para-hydroxylation sites is 1. The van der Waals surface area contributed by atoms with Gasteiger partial charge in [-0.3, -0.25) is 9.88 Å². The number of nitrogens with zero attached hydrogens (tertiary/aromatic N) is 2. The molecule has 26 heavy (non-hydrogen) atoms. The van der Waals surface area contributed by atoms with Gasteiger partial charge in [-0.25, -0.2) is 0 Å². The third kappa shape index (κ3) is 2.87. The average Bonchev–Trinajstić information content (AvgIpc) is 3.12. The van der Waals surface area contributed by atoms with Gasteiger partial charge in [0.05, 0.1) is 0 Å². The highest BCUT2D eigenvalue weighted by Gasteiger charge is 2.13. The second-order valence-corrected chi connectivity index (χ2v) is 6.92. The Kier molecular flexibility index (Phi) is 3.92. The summed E-state index contributed by atoms with van der Waals surface area (Å²) in [4.78, 5) is 6.93. The SMILES string of the molecule is c1ccc2oc(-c3cncc4ccc(CN5CCNCC5)cc34)cc2c1. The Balaban J connectivity index is 1.57. The second kappa shape index (κ2) is 6.56. The first-order chi connectivity index (χ1) is 12.9. The molecule has 0 bridgehead atoms. The lowest BCUT2D eigenvalue weighted by molar-refractivity contribution is 0.233. The highest BCUT2D eigenvalue weighted by atomic mass is 16.3. The molecular formula is C22H21N3O. The number of benzene rings is 2. The van der Waals surface area contributed by atoms with E-state index in [1.54, 1.807) is 0 Å². The van der Waals surface area contributed by atoms with Crippen molar-refractivity contribution >= 4 is 21.7 Å². The van der Waals surface area contributed by atoms with Crippen LogP contribution in [0.15, 0.2) is 65.3 Å². The van der Waals surface area contributed by atoms with Crippen LogP contribution in [0.4, 0.5) is 0 Å². The number of fused-ring (bicyclic) bond motifs is 2. The van der Waals surface area contributed by atoms with Crippen molar-refractivity contribution in [1.82, 2.24) is 15.2 Å². The number of nitrogens with one attached hydrogen (secondary N) is 1. The topological polar surface area (TPSA) is 41.3 Å². The number of hydrogen-bond acceptors (Lipinski definition) is 4. The van der Waals surface area contributed by atoms with Crippen LogP contribution in [-0.2, 0) is 6.54 Å². The summed E-state index contributed by atoms with van der Waals surface area (Å²) in [7, 11) is 0. The lowest BCUT2D eigenvalue weighted by Gasteiger charge is -2.27. The number of rotatable bonds is 3. The normalized spacial score (nSPS) is 15.7. The van der Waals surface area contributed by atoms with E-state index in [-0.39, 0.29) is 0 Å². The van der Waals surface area contributed by atoms with Crippen LogP contribution in [0.5, 0.6) is 0 Å². The Morgan fingerprint density at radius 1 is 0.962 bits per heavy atom. The fraction of sp³-hybridized carbons (Fsp3) is 0.227. The van der Waals surface area contributed by atoms with E-state index in [0.29, 0.717) is 0 Å². The Hall–Kier alpha value is -2.69. The molecule has 1 saturated heterocycles. The predicted molar refractivity (Wildman–Crippen MR) is 105 cm³/mol. The second-order valence-electron chi connectivity index (χ2n) is 6.92. The number of aromatic nitrogens is 1. The minimum Gasteiger partial charge on any atom is -0.456 e. The quantitative estimate of drug-likeness (QED) is 0.609. The molecule has 0 unspecified atom stereocenters. The van der Waals surface area contributed by atoms with Crippen LogP contribution < -0.4 is 5.32 Å². The molecule has 130 valence electrons.